The van der Waals surface area contributed by atoms with E-state index in [0.29, 0.717) is 6.42 Å². The van der Waals surface area contributed by atoms with Crippen LogP contribution in [-0.2, 0) is 9.53 Å². The third kappa shape index (κ3) is 2.99. The van der Waals surface area contributed by atoms with Crippen LogP contribution in [0.15, 0.2) is 0 Å². The number of carboxylic acid groups (broad SMARTS) is 1. The van der Waals surface area contributed by atoms with Crippen molar-refractivity contribution in [2.75, 3.05) is 6.61 Å². The van der Waals surface area contributed by atoms with E-state index in [4.69, 9.17) is 9.84 Å². The van der Waals surface area contributed by atoms with E-state index < -0.39 is 11.4 Å². The molecule has 3 nitrogen and oxygen atoms in total. The van der Waals surface area contributed by atoms with E-state index in [1.807, 2.05) is 0 Å². The van der Waals surface area contributed by atoms with Gasteiger partial charge in [-0.05, 0) is 39.5 Å². The molecule has 1 aliphatic rings. The van der Waals surface area contributed by atoms with E-state index in [9.17, 15) is 4.79 Å². The van der Waals surface area contributed by atoms with Gasteiger partial charge in [0, 0.05) is 6.61 Å². The molecule has 3 heteroatoms. The number of hydrogen-bond donors (Lipinski definition) is 1. The summed E-state index contributed by atoms with van der Waals surface area (Å²) in [6.45, 7) is 4.31. The van der Waals surface area contributed by atoms with E-state index >= 15 is 0 Å². The van der Waals surface area contributed by atoms with Crippen LogP contribution >= 0.6 is 0 Å². The minimum Gasteiger partial charge on any atom is -0.481 e. The molecule has 0 aliphatic carbocycles. The summed E-state index contributed by atoms with van der Waals surface area (Å²) in [7, 11) is 0. The zero-order valence-electron chi connectivity index (χ0n) is 8.38. The van der Waals surface area contributed by atoms with Gasteiger partial charge in [-0.3, -0.25) is 4.79 Å². The molecule has 1 fully saturated rings. The Morgan fingerprint density at radius 3 is 2.69 bits per heavy atom. The van der Waals surface area contributed by atoms with Gasteiger partial charge in [-0.25, -0.2) is 0 Å². The fourth-order valence-corrected chi connectivity index (χ4v) is 1.62. The van der Waals surface area contributed by atoms with Crippen molar-refractivity contribution in [3.63, 3.8) is 0 Å². The van der Waals surface area contributed by atoms with Crippen molar-refractivity contribution >= 4 is 5.97 Å². The summed E-state index contributed by atoms with van der Waals surface area (Å²) in [5, 5.41) is 8.92. The van der Waals surface area contributed by atoms with Crippen LogP contribution in [0, 0.1) is 5.41 Å². The topological polar surface area (TPSA) is 46.5 Å². The highest BCUT2D eigenvalue weighted by Gasteiger charge is 2.31. The second-order valence-corrected chi connectivity index (χ2v) is 4.38. The Morgan fingerprint density at radius 1 is 1.54 bits per heavy atom. The lowest BCUT2D eigenvalue weighted by Crippen LogP contribution is -2.31. The molecule has 1 saturated heterocycles. The van der Waals surface area contributed by atoms with Gasteiger partial charge >= 0.3 is 5.97 Å². The molecule has 0 aromatic rings. The molecule has 1 atom stereocenters. The van der Waals surface area contributed by atoms with Gasteiger partial charge in [-0.2, -0.15) is 0 Å². The molecule has 1 N–H and O–H groups in total. The van der Waals surface area contributed by atoms with E-state index in [0.717, 1.165) is 19.4 Å². The largest absolute Gasteiger partial charge is 0.481 e. The van der Waals surface area contributed by atoms with Gasteiger partial charge in [-0.1, -0.05) is 0 Å². The molecule has 0 unspecified atom stereocenters. The maximum Gasteiger partial charge on any atom is 0.309 e. The first-order chi connectivity index (χ1) is 6.02. The Kier molecular flexibility index (Phi) is 3.31. The number of hydrogen-bond acceptors (Lipinski definition) is 2. The molecular formula is C10H18O3. The second kappa shape index (κ2) is 4.09. The minimum atomic E-state index is -0.735. The van der Waals surface area contributed by atoms with E-state index in [1.165, 1.54) is 6.42 Å². The van der Waals surface area contributed by atoms with E-state index in [-0.39, 0.29) is 6.10 Å². The van der Waals surface area contributed by atoms with Crippen LogP contribution in [0.3, 0.4) is 0 Å². The number of rotatable bonds is 3. The number of carbonyl (C=O) groups is 1. The SMILES string of the molecule is CC(C)(C[C@@H]1CCCCO1)C(=O)O. The van der Waals surface area contributed by atoms with Crippen molar-refractivity contribution in [3.05, 3.63) is 0 Å². The number of ether oxygens (including phenoxy) is 1. The Hall–Kier alpha value is -0.570. The summed E-state index contributed by atoms with van der Waals surface area (Å²) in [5.41, 5.74) is -0.651. The molecule has 0 amide bonds. The molecule has 1 aliphatic heterocycles. The average Bonchev–Trinajstić information content (AvgIpc) is 2.05. The first-order valence-corrected chi connectivity index (χ1v) is 4.87. The van der Waals surface area contributed by atoms with Gasteiger partial charge in [0.15, 0.2) is 0 Å². The average molecular weight is 186 g/mol. The highest BCUT2D eigenvalue weighted by molar-refractivity contribution is 5.73. The first-order valence-electron chi connectivity index (χ1n) is 4.87. The smallest absolute Gasteiger partial charge is 0.309 e. The molecule has 1 heterocycles. The van der Waals surface area contributed by atoms with Gasteiger partial charge < -0.3 is 9.84 Å². The molecule has 0 saturated carbocycles. The summed E-state index contributed by atoms with van der Waals surface area (Å²) in [6, 6.07) is 0. The fourth-order valence-electron chi connectivity index (χ4n) is 1.62. The Morgan fingerprint density at radius 2 is 2.23 bits per heavy atom. The zero-order chi connectivity index (χ0) is 9.90. The van der Waals surface area contributed by atoms with Crippen molar-refractivity contribution in [2.45, 2.75) is 45.6 Å². The summed E-state index contributed by atoms with van der Waals surface area (Å²) in [4.78, 5) is 10.8. The monoisotopic (exact) mass is 186 g/mol. The quantitative estimate of drug-likeness (QED) is 0.733. The molecular weight excluding hydrogens is 168 g/mol. The van der Waals surface area contributed by atoms with Crippen molar-refractivity contribution in [1.82, 2.24) is 0 Å². The predicted octanol–water partition coefficient (Wildman–Crippen LogP) is 2.06. The number of carboxylic acids is 1. The van der Waals surface area contributed by atoms with Crippen LogP contribution < -0.4 is 0 Å². The second-order valence-electron chi connectivity index (χ2n) is 4.38. The highest BCUT2D eigenvalue weighted by Crippen LogP contribution is 2.28. The van der Waals surface area contributed by atoms with Crippen LogP contribution in [-0.4, -0.2) is 23.8 Å². The lowest BCUT2D eigenvalue weighted by Gasteiger charge is -2.28. The third-order valence-electron chi connectivity index (χ3n) is 2.59. The molecule has 0 spiro atoms. The Balaban J connectivity index is 2.41. The van der Waals surface area contributed by atoms with Crippen molar-refractivity contribution in [2.24, 2.45) is 5.41 Å². The summed E-state index contributed by atoms with van der Waals surface area (Å²) in [6.07, 6.45) is 4.07. The van der Waals surface area contributed by atoms with Gasteiger partial charge in [0.25, 0.3) is 0 Å². The van der Waals surface area contributed by atoms with Crippen LogP contribution in [0.4, 0.5) is 0 Å². The first kappa shape index (κ1) is 10.5. The summed E-state index contributed by atoms with van der Waals surface area (Å²) in [5.74, 6) is -0.735. The lowest BCUT2D eigenvalue weighted by molar-refractivity contribution is -0.149. The molecule has 0 aromatic heterocycles. The molecule has 0 bridgehead atoms. The molecule has 0 aromatic carbocycles. The zero-order valence-corrected chi connectivity index (χ0v) is 8.38. The molecule has 1 rings (SSSR count). The Bertz CT molecular complexity index is 181. The summed E-state index contributed by atoms with van der Waals surface area (Å²) >= 11 is 0. The maximum absolute atomic E-state index is 10.8. The van der Waals surface area contributed by atoms with Crippen molar-refractivity contribution < 1.29 is 14.6 Å². The van der Waals surface area contributed by atoms with Crippen LogP contribution in [0.25, 0.3) is 0 Å². The molecule has 76 valence electrons. The number of aliphatic carboxylic acids is 1. The van der Waals surface area contributed by atoms with Gasteiger partial charge in [0.1, 0.15) is 0 Å². The Labute approximate surface area is 79.1 Å². The van der Waals surface area contributed by atoms with Crippen LogP contribution in [0.2, 0.25) is 0 Å². The van der Waals surface area contributed by atoms with Crippen LogP contribution in [0.5, 0.6) is 0 Å². The van der Waals surface area contributed by atoms with Crippen molar-refractivity contribution in [1.29, 1.82) is 0 Å². The highest BCUT2D eigenvalue weighted by atomic mass is 16.5. The van der Waals surface area contributed by atoms with E-state index in [2.05, 4.69) is 0 Å². The van der Waals surface area contributed by atoms with Gasteiger partial charge in [0.2, 0.25) is 0 Å². The minimum absolute atomic E-state index is 0.153. The summed E-state index contributed by atoms with van der Waals surface area (Å²) < 4.78 is 5.50. The predicted molar refractivity (Wildman–Crippen MR) is 49.6 cm³/mol. The standard InChI is InChI=1S/C10H18O3/c1-10(2,9(11)12)7-8-5-3-4-6-13-8/h8H,3-7H2,1-2H3,(H,11,12)/t8-/m0/s1. The normalized spacial score (nSPS) is 24.3. The van der Waals surface area contributed by atoms with Gasteiger partial charge in [0.05, 0.1) is 11.5 Å². The van der Waals surface area contributed by atoms with E-state index in [1.54, 1.807) is 13.8 Å². The fraction of sp³-hybridized carbons (Fsp3) is 0.900. The van der Waals surface area contributed by atoms with Gasteiger partial charge in [-0.15, -0.1) is 0 Å². The van der Waals surface area contributed by atoms with Crippen molar-refractivity contribution in [3.8, 4) is 0 Å². The third-order valence-corrected chi connectivity index (χ3v) is 2.59. The molecule has 13 heavy (non-hydrogen) atoms. The van der Waals surface area contributed by atoms with Crippen LogP contribution in [0.1, 0.15) is 39.5 Å². The molecule has 0 radical (unpaired) electrons. The maximum atomic E-state index is 10.8. The lowest BCUT2D eigenvalue weighted by atomic mass is 9.85.